The zero-order chi connectivity index (χ0) is 14.8. The van der Waals surface area contributed by atoms with Crippen molar-refractivity contribution >= 4 is 5.69 Å². The largest absolute Gasteiger partial charge is 0.378 e. The molecule has 0 radical (unpaired) electrons. The number of likely N-dealkylation sites (tertiary alicyclic amines) is 1. The number of hydrogen-bond acceptors (Lipinski definition) is 4. The van der Waals surface area contributed by atoms with Crippen LogP contribution < -0.4 is 4.90 Å². The number of nitrogens with zero attached hydrogens (tertiary/aromatic N) is 4. The molecule has 3 heterocycles. The van der Waals surface area contributed by atoms with Crippen molar-refractivity contribution in [2.24, 2.45) is 0 Å². The van der Waals surface area contributed by atoms with Crippen LogP contribution in [0.2, 0.25) is 0 Å². The summed E-state index contributed by atoms with van der Waals surface area (Å²) >= 11 is 0. The van der Waals surface area contributed by atoms with Gasteiger partial charge in [-0.25, -0.2) is 4.98 Å². The van der Waals surface area contributed by atoms with Gasteiger partial charge in [0.15, 0.2) is 0 Å². The summed E-state index contributed by atoms with van der Waals surface area (Å²) in [6.07, 6.45) is 4.87. The van der Waals surface area contributed by atoms with Gasteiger partial charge in [-0.1, -0.05) is 0 Å². The molecule has 1 aliphatic rings. The van der Waals surface area contributed by atoms with Crippen LogP contribution in [0.3, 0.4) is 0 Å². The fraction of sp³-hybridized carbons (Fsp3) is 0.500. The Bertz CT molecular complexity index is 591. The maximum atomic E-state index is 4.75. The molecule has 0 spiro atoms. The standard InChI is InChI=1S/C16H23N5/c1-12-8-14(20(2)3)9-15(19-12)13-4-7-21(10-13)11-16-17-5-6-18-16/h5-6,8-9,13H,4,7,10-11H2,1-3H3,(H,17,18). The molecule has 0 aliphatic carbocycles. The lowest BCUT2D eigenvalue weighted by Crippen LogP contribution is -2.20. The van der Waals surface area contributed by atoms with E-state index in [-0.39, 0.29) is 0 Å². The Morgan fingerprint density at radius 3 is 2.95 bits per heavy atom. The van der Waals surface area contributed by atoms with Crippen LogP contribution in [0.25, 0.3) is 0 Å². The zero-order valence-electron chi connectivity index (χ0n) is 13.0. The number of aromatic nitrogens is 3. The summed E-state index contributed by atoms with van der Waals surface area (Å²) in [5.41, 5.74) is 3.56. The highest BCUT2D eigenvalue weighted by atomic mass is 15.2. The molecule has 1 saturated heterocycles. The molecule has 1 N–H and O–H groups in total. The van der Waals surface area contributed by atoms with Crippen molar-refractivity contribution in [1.82, 2.24) is 19.9 Å². The van der Waals surface area contributed by atoms with Crippen molar-refractivity contribution in [3.05, 3.63) is 41.7 Å². The molecule has 1 fully saturated rings. The second-order valence-electron chi connectivity index (χ2n) is 6.04. The van der Waals surface area contributed by atoms with Crippen LogP contribution in [0, 0.1) is 6.92 Å². The second-order valence-corrected chi connectivity index (χ2v) is 6.04. The van der Waals surface area contributed by atoms with Crippen molar-refractivity contribution in [3.63, 3.8) is 0 Å². The Balaban J connectivity index is 1.71. The van der Waals surface area contributed by atoms with Gasteiger partial charge < -0.3 is 9.88 Å². The number of imidazole rings is 1. The quantitative estimate of drug-likeness (QED) is 0.935. The van der Waals surface area contributed by atoms with Gasteiger partial charge in [-0.05, 0) is 32.0 Å². The number of aromatic amines is 1. The monoisotopic (exact) mass is 285 g/mol. The van der Waals surface area contributed by atoms with Crippen LogP contribution in [-0.2, 0) is 6.54 Å². The number of pyridine rings is 1. The van der Waals surface area contributed by atoms with Crippen LogP contribution in [0.5, 0.6) is 0 Å². The summed E-state index contributed by atoms with van der Waals surface area (Å²) in [4.78, 5) is 16.8. The molecule has 5 nitrogen and oxygen atoms in total. The van der Waals surface area contributed by atoms with E-state index in [4.69, 9.17) is 4.98 Å². The molecule has 2 aromatic rings. The highest BCUT2D eigenvalue weighted by Crippen LogP contribution is 2.29. The minimum absolute atomic E-state index is 0.526. The molecular formula is C16H23N5. The summed E-state index contributed by atoms with van der Waals surface area (Å²) in [6, 6.07) is 4.37. The van der Waals surface area contributed by atoms with Crippen LogP contribution in [0.15, 0.2) is 24.5 Å². The second kappa shape index (κ2) is 5.85. The molecule has 0 amide bonds. The first kappa shape index (κ1) is 14.1. The summed E-state index contributed by atoms with van der Waals surface area (Å²) in [7, 11) is 4.16. The summed E-state index contributed by atoms with van der Waals surface area (Å²) in [5.74, 6) is 1.57. The molecule has 112 valence electrons. The maximum absolute atomic E-state index is 4.75. The Labute approximate surface area is 126 Å². The molecule has 0 saturated carbocycles. The normalized spacial score (nSPS) is 19.1. The highest BCUT2D eigenvalue weighted by Gasteiger charge is 2.25. The van der Waals surface area contributed by atoms with Gasteiger partial charge in [0.2, 0.25) is 0 Å². The molecule has 1 aliphatic heterocycles. The molecule has 0 bridgehead atoms. The fourth-order valence-corrected chi connectivity index (χ4v) is 2.96. The highest BCUT2D eigenvalue weighted by molar-refractivity contribution is 5.47. The molecule has 0 aromatic carbocycles. The van der Waals surface area contributed by atoms with Crippen LogP contribution >= 0.6 is 0 Å². The van der Waals surface area contributed by atoms with E-state index < -0.39 is 0 Å². The van der Waals surface area contributed by atoms with E-state index in [1.165, 1.54) is 17.8 Å². The summed E-state index contributed by atoms with van der Waals surface area (Å²) < 4.78 is 0. The first-order valence-electron chi connectivity index (χ1n) is 7.48. The maximum Gasteiger partial charge on any atom is 0.120 e. The van der Waals surface area contributed by atoms with E-state index in [9.17, 15) is 0 Å². The molecular weight excluding hydrogens is 262 g/mol. The third-order valence-corrected chi connectivity index (χ3v) is 4.09. The average Bonchev–Trinajstić information content (AvgIpc) is 3.10. The third kappa shape index (κ3) is 3.24. The Morgan fingerprint density at radius 1 is 1.38 bits per heavy atom. The molecule has 5 heteroatoms. The smallest absolute Gasteiger partial charge is 0.120 e. The number of aryl methyl sites for hydroxylation is 1. The van der Waals surface area contributed by atoms with Gasteiger partial charge in [-0.2, -0.15) is 0 Å². The van der Waals surface area contributed by atoms with E-state index in [1.54, 1.807) is 0 Å². The van der Waals surface area contributed by atoms with E-state index in [0.717, 1.165) is 31.2 Å². The van der Waals surface area contributed by atoms with Gasteiger partial charge in [0, 0.05) is 56.0 Å². The van der Waals surface area contributed by atoms with Crippen molar-refractivity contribution in [3.8, 4) is 0 Å². The van der Waals surface area contributed by atoms with E-state index >= 15 is 0 Å². The van der Waals surface area contributed by atoms with Crippen LogP contribution in [0.4, 0.5) is 5.69 Å². The number of hydrogen-bond donors (Lipinski definition) is 1. The van der Waals surface area contributed by atoms with Gasteiger partial charge in [0.1, 0.15) is 5.82 Å². The number of H-pyrrole nitrogens is 1. The minimum atomic E-state index is 0.526. The van der Waals surface area contributed by atoms with Crippen LogP contribution in [0.1, 0.15) is 29.6 Å². The molecule has 2 aromatic heterocycles. The first-order valence-corrected chi connectivity index (χ1v) is 7.48. The lowest BCUT2D eigenvalue weighted by atomic mass is 10.0. The van der Waals surface area contributed by atoms with Gasteiger partial charge in [0.05, 0.1) is 6.54 Å². The summed E-state index contributed by atoms with van der Waals surface area (Å²) in [6.45, 7) is 5.14. The average molecular weight is 285 g/mol. The zero-order valence-corrected chi connectivity index (χ0v) is 13.0. The number of nitrogens with one attached hydrogen (secondary N) is 1. The van der Waals surface area contributed by atoms with Gasteiger partial charge in [-0.3, -0.25) is 9.88 Å². The third-order valence-electron chi connectivity index (χ3n) is 4.09. The molecule has 21 heavy (non-hydrogen) atoms. The summed E-state index contributed by atoms with van der Waals surface area (Å²) in [5, 5.41) is 0. The lowest BCUT2D eigenvalue weighted by molar-refractivity contribution is 0.318. The van der Waals surface area contributed by atoms with Crippen LogP contribution in [-0.4, -0.2) is 47.0 Å². The predicted molar refractivity (Wildman–Crippen MR) is 84.5 cm³/mol. The van der Waals surface area contributed by atoms with Crippen molar-refractivity contribution in [2.75, 3.05) is 32.1 Å². The fourth-order valence-electron chi connectivity index (χ4n) is 2.96. The topological polar surface area (TPSA) is 48.0 Å². The first-order chi connectivity index (χ1) is 10.1. The molecule has 1 atom stereocenters. The number of anilines is 1. The van der Waals surface area contributed by atoms with Crippen molar-refractivity contribution < 1.29 is 0 Å². The Hall–Kier alpha value is -1.88. The van der Waals surface area contributed by atoms with E-state index in [0.29, 0.717) is 5.92 Å². The SMILES string of the molecule is Cc1cc(N(C)C)cc(C2CCN(Cc3ncc[nH]3)C2)n1. The molecule has 1 unspecified atom stereocenters. The van der Waals surface area contributed by atoms with Gasteiger partial charge >= 0.3 is 0 Å². The minimum Gasteiger partial charge on any atom is -0.378 e. The lowest BCUT2D eigenvalue weighted by Gasteiger charge is -2.18. The van der Waals surface area contributed by atoms with E-state index in [2.05, 4.69) is 52.9 Å². The Morgan fingerprint density at radius 2 is 2.24 bits per heavy atom. The van der Waals surface area contributed by atoms with E-state index in [1.807, 2.05) is 12.4 Å². The van der Waals surface area contributed by atoms with Gasteiger partial charge in [-0.15, -0.1) is 0 Å². The van der Waals surface area contributed by atoms with Gasteiger partial charge in [0.25, 0.3) is 0 Å². The van der Waals surface area contributed by atoms with Crippen molar-refractivity contribution in [2.45, 2.75) is 25.8 Å². The molecule has 3 rings (SSSR count). The predicted octanol–water partition coefficient (Wildman–Crippen LogP) is 2.17. The van der Waals surface area contributed by atoms with Crippen molar-refractivity contribution in [1.29, 1.82) is 0 Å². The number of rotatable bonds is 4. The Kier molecular flexibility index (Phi) is 3.92.